The Labute approximate surface area is 145 Å². The van der Waals surface area contributed by atoms with Crippen molar-refractivity contribution in [2.75, 3.05) is 0 Å². The summed E-state index contributed by atoms with van der Waals surface area (Å²) in [4.78, 5) is 12.1. The third-order valence-electron chi connectivity index (χ3n) is 4.07. The van der Waals surface area contributed by atoms with Gasteiger partial charge in [-0.25, -0.2) is 8.78 Å². The molecule has 126 valence electrons. The molecule has 2 aromatic carbocycles. The van der Waals surface area contributed by atoms with Crippen molar-refractivity contribution >= 4 is 5.91 Å². The third kappa shape index (κ3) is 4.54. The normalized spacial score (nSPS) is 13.1. The fraction of sp³-hybridized carbons (Fsp3) is 0.190. The number of carbonyl (C=O) groups excluding carboxylic acids is 1. The summed E-state index contributed by atoms with van der Waals surface area (Å²) in [6.07, 6.45) is 6.28. The highest BCUT2D eigenvalue weighted by molar-refractivity contribution is 5.94. The lowest BCUT2D eigenvalue weighted by atomic mass is 10.1. The van der Waals surface area contributed by atoms with Gasteiger partial charge in [-0.1, -0.05) is 17.4 Å². The van der Waals surface area contributed by atoms with E-state index in [4.69, 9.17) is 0 Å². The largest absolute Gasteiger partial charge is 0.329 e. The van der Waals surface area contributed by atoms with Crippen LogP contribution in [0.2, 0.25) is 0 Å². The molecule has 2 nitrogen and oxygen atoms in total. The number of hydrogen-bond acceptors (Lipinski definition) is 1. The van der Waals surface area contributed by atoms with Crippen molar-refractivity contribution in [3.63, 3.8) is 0 Å². The van der Waals surface area contributed by atoms with Gasteiger partial charge < -0.3 is 5.32 Å². The summed E-state index contributed by atoms with van der Waals surface area (Å²) in [7, 11) is 0. The van der Waals surface area contributed by atoms with Gasteiger partial charge in [-0.05, 0) is 62.1 Å². The molecule has 1 N–H and O–H groups in total. The highest BCUT2D eigenvalue weighted by Gasteiger charge is 2.08. The average Bonchev–Trinajstić information content (AvgIpc) is 3.13. The van der Waals surface area contributed by atoms with E-state index in [1.807, 2.05) is 0 Å². The minimum Gasteiger partial charge on any atom is -0.329 e. The second kappa shape index (κ2) is 7.76. The molecule has 4 heteroatoms. The molecule has 1 aliphatic rings. The van der Waals surface area contributed by atoms with Crippen LogP contribution in [-0.4, -0.2) is 5.91 Å². The molecular weight excluding hydrogens is 320 g/mol. The van der Waals surface area contributed by atoms with Crippen LogP contribution in [0.15, 0.2) is 54.2 Å². The predicted octanol–water partition coefficient (Wildman–Crippen LogP) is 4.55. The monoisotopic (exact) mass is 337 g/mol. The first kappa shape index (κ1) is 16.9. The molecule has 0 aliphatic heterocycles. The Morgan fingerprint density at radius 1 is 1.00 bits per heavy atom. The third-order valence-corrected chi connectivity index (χ3v) is 4.07. The number of rotatable bonds is 2. The van der Waals surface area contributed by atoms with Crippen molar-refractivity contribution in [2.45, 2.75) is 25.7 Å². The number of hydrogen-bond donors (Lipinski definition) is 1. The SMILES string of the molecule is O=C(NC=C1CCCC1)c1ccc(C#Cc2ccc(F)cc2F)cc1. The van der Waals surface area contributed by atoms with Crippen LogP contribution in [0.5, 0.6) is 0 Å². The molecule has 0 unspecified atom stereocenters. The number of halogens is 2. The summed E-state index contributed by atoms with van der Waals surface area (Å²) in [6, 6.07) is 10.0. The molecule has 1 aliphatic carbocycles. The quantitative estimate of drug-likeness (QED) is 0.800. The van der Waals surface area contributed by atoms with E-state index in [1.165, 1.54) is 30.5 Å². The van der Waals surface area contributed by atoms with Crippen molar-refractivity contribution in [3.05, 3.63) is 82.6 Å². The van der Waals surface area contributed by atoms with Crippen molar-refractivity contribution in [2.24, 2.45) is 0 Å². The van der Waals surface area contributed by atoms with E-state index in [-0.39, 0.29) is 11.5 Å². The van der Waals surface area contributed by atoms with E-state index in [2.05, 4.69) is 17.2 Å². The highest BCUT2D eigenvalue weighted by atomic mass is 19.1. The van der Waals surface area contributed by atoms with Crippen LogP contribution in [0.25, 0.3) is 0 Å². The molecule has 1 amide bonds. The van der Waals surface area contributed by atoms with Crippen LogP contribution >= 0.6 is 0 Å². The van der Waals surface area contributed by atoms with Gasteiger partial charge in [-0.2, -0.15) is 0 Å². The molecule has 25 heavy (non-hydrogen) atoms. The van der Waals surface area contributed by atoms with E-state index >= 15 is 0 Å². The molecule has 0 saturated heterocycles. The van der Waals surface area contributed by atoms with Gasteiger partial charge in [0.1, 0.15) is 11.6 Å². The summed E-state index contributed by atoms with van der Waals surface area (Å²) in [5.41, 5.74) is 2.59. The molecule has 1 saturated carbocycles. The van der Waals surface area contributed by atoms with Gasteiger partial charge in [-0.3, -0.25) is 4.79 Å². The second-order valence-electron chi connectivity index (χ2n) is 5.93. The number of amides is 1. The Morgan fingerprint density at radius 3 is 2.40 bits per heavy atom. The molecule has 0 aromatic heterocycles. The van der Waals surface area contributed by atoms with Gasteiger partial charge in [0.2, 0.25) is 0 Å². The molecule has 0 heterocycles. The number of nitrogens with one attached hydrogen (secondary N) is 1. The maximum Gasteiger partial charge on any atom is 0.255 e. The van der Waals surface area contributed by atoms with Gasteiger partial charge in [0.05, 0.1) is 5.56 Å². The Morgan fingerprint density at radius 2 is 1.72 bits per heavy atom. The average molecular weight is 337 g/mol. The molecule has 0 radical (unpaired) electrons. The first-order valence-corrected chi connectivity index (χ1v) is 8.18. The molecular formula is C21H17F2NO. The number of allylic oxidation sites excluding steroid dienone is 1. The van der Waals surface area contributed by atoms with Crippen LogP contribution in [0.4, 0.5) is 8.78 Å². The summed E-state index contributed by atoms with van der Waals surface area (Å²) >= 11 is 0. The molecule has 3 rings (SSSR count). The van der Waals surface area contributed by atoms with Crippen LogP contribution in [0, 0.1) is 23.5 Å². The maximum atomic E-state index is 13.5. The first-order valence-electron chi connectivity index (χ1n) is 8.18. The van der Waals surface area contributed by atoms with Crippen LogP contribution < -0.4 is 5.32 Å². The molecule has 1 fully saturated rings. The number of benzene rings is 2. The molecule has 0 atom stereocenters. The second-order valence-corrected chi connectivity index (χ2v) is 5.93. The lowest BCUT2D eigenvalue weighted by molar-refractivity contribution is 0.0969. The van der Waals surface area contributed by atoms with E-state index in [0.29, 0.717) is 11.1 Å². The van der Waals surface area contributed by atoms with Crippen molar-refractivity contribution in [1.29, 1.82) is 0 Å². The van der Waals surface area contributed by atoms with E-state index in [9.17, 15) is 13.6 Å². The van der Waals surface area contributed by atoms with Gasteiger partial charge in [0.25, 0.3) is 5.91 Å². The maximum absolute atomic E-state index is 13.5. The van der Waals surface area contributed by atoms with Crippen LogP contribution in [-0.2, 0) is 0 Å². The fourth-order valence-electron chi connectivity index (χ4n) is 2.66. The topological polar surface area (TPSA) is 29.1 Å². The van der Waals surface area contributed by atoms with Crippen molar-refractivity contribution in [3.8, 4) is 11.8 Å². The Hall–Kier alpha value is -2.93. The van der Waals surface area contributed by atoms with Gasteiger partial charge in [-0.15, -0.1) is 0 Å². The van der Waals surface area contributed by atoms with Gasteiger partial charge in [0.15, 0.2) is 0 Å². The Bertz CT molecular complexity index is 865. The number of carbonyl (C=O) groups is 1. The van der Waals surface area contributed by atoms with Gasteiger partial charge >= 0.3 is 0 Å². The highest BCUT2D eigenvalue weighted by Crippen LogP contribution is 2.22. The van der Waals surface area contributed by atoms with Crippen LogP contribution in [0.3, 0.4) is 0 Å². The fourth-order valence-corrected chi connectivity index (χ4v) is 2.66. The standard InChI is InChI=1S/C21H17F2NO/c22-19-12-11-17(20(23)13-19)8-5-15-6-9-18(10-7-15)21(25)24-14-16-3-1-2-4-16/h6-7,9-14H,1-4H2,(H,24,25). The Balaban J connectivity index is 1.67. The summed E-state index contributed by atoms with van der Waals surface area (Å²) in [5, 5.41) is 2.81. The first-order chi connectivity index (χ1) is 12.1. The van der Waals surface area contributed by atoms with Crippen molar-refractivity contribution < 1.29 is 13.6 Å². The van der Waals surface area contributed by atoms with Gasteiger partial charge in [0, 0.05) is 23.4 Å². The lowest BCUT2D eigenvalue weighted by Crippen LogP contribution is -2.17. The van der Waals surface area contributed by atoms with E-state index in [1.54, 1.807) is 30.5 Å². The van der Waals surface area contributed by atoms with Crippen LogP contribution in [0.1, 0.15) is 47.2 Å². The minimum absolute atomic E-state index is 0.131. The Kier molecular flexibility index (Phi) is 5.25. The zero-order valence-corrected chi connectivity index (χ0v) is 13.6. The summed E-state index contributed by atoms with van der Waals surface area (Å²) in [5.74, 6) is 3.99. The molecule has 0 spiro atoms. The summed E-state index contributed by atoms with van der Waals surface area (Å²) < 4.78 is 26.4. The predicted molar refractivity (Wildman–Crippen MR) is 92.8 cm³/mol. The van der Waals surface area contributed by atoms with E-state index in [0.717, 1.165) is 18.9 Å². The molecule has 2 aromatic rings. The smallest absolute Gasteiger partial charge is 0.255 e. The lowest BCUT2D eigenvalue weighted by Gasteiger charge is -2.02. The van der Waals surface area contributed by atoms with E-state index < -0.39 is 11.6 Å². The zero-order valence-electron chi connectivity index (χ0n) is 13.6. The van der Waals surface area contributed by atoms with Crippen molar-refractivity contribution in [1.82, 2.24) is 5.32 Å². The molecule has 0 bridgehead atoms. The summed E-state index contributed by atoms with van der Waals surface area (Å²) in [6.45, 7) is 0. The minimum atomic E-state index is -0.691. The zero-order chi connectivity index (χ0) is 17.6.